The third kappa shape index (κ3) is 2.41. The fourth-order valence-corrected chi connectivity index (χ4v) is 2.39. The first-order chi connectivity index (χ1) is 8.09. The highest BCUT2D eigenvalue weighted by atomic mass is 32.2. The van der Waals surface area contributed by atoms with Crippen molar-refractivity contribution in [3.8, 4) is 0 Å². The summed E-state index contributed by atoms with van der Waals surface area (Å²) in [6.07, 6.45) is 0.667. The fourth-order valence-electron chi connectivity index (χ4n) is 1.55. The van der Waals surface area contributed by atoms with E-state index in [-0.39, 0.29) is 11.8 Å². The number of nitrogen functional groups attached to an aromatic ring is 1. The molecule has 7 nitrogen and oxygen atoms in total. The van der Waals surface area contributed by atoms with Gasteiger partial charge in [0.05, 0.1) is 0 Å². The number of nitrogens with zero attached hydrogens (tertiary/aromatic N) is 4. The number of hydrogen-bond donors (Lipinski definition) is 1. The molecule has 1 aliphatic rings. The van der Waals surface area contributed by atoms with Crippen molar-refractivity contribution in [2.24, 2.45) is 7.05 Å². The van der Waals surface area contributed by atoms with Gasteiger partial charge in [-0.25, -0.2) is 0 Å². The zero-order valence-corrected chi connectivity index (χ0v) is 10.2. The van der Waals surface area contributed by atoms with Crippen LogP contribution >= 0.6 is 11.8 Å². The molecule has 2 heterocycles. The number of rotatable bonds is 4. The zero-order chi connectivity index (χ0) is 12.4. The topological polar surface area (TPSA) is 94.1 Å². The largest absolute Gasteiger partial charge is 0.368 e. The van der Waals surface area contributed by atoms with Gasteiger partial charge in [0.2, 0.25) is 17.8 Å². The van der Waals surface area contributed by atoms with E-state index in [4.69, 9.17) is 5.73 Å². The van der Waals surface area contributed by atoms with E-state index in [1.165, 1.54) is 16.7 Å². The molecule has 1 saturated heterocycles. The molecule has 8 heteroatoms. The minimum absolute atomic E-state index is 0.0897. The van der Waals surface area contributed by atoms with E-state index in [9.17, 15) is 9.59 Å². The predicted molar refractivity (Wildman–Crippen MR) is 62.1 cm³/mol. The molecule has 2 N–H and O–H groups in total. The summed E-state index contributed by atoms with van der Waals surface area (Å²) in [6, 6.07) is 0. The van der Waals surface area contributed by atoms with E-state index in [2.05, 4.69) is 10.2 Å². The van der Waals surface area contributed by atoms with Gasteiger partial charge in [0, 0.05) is 32.2 Å². The molecule has 0 unspecified atom stereocenters. The second-order valence-corrected chi connectivity index (χ2v) is 4.75. The van der Waals surface area contributed by atoms with Crippen LogP contribution in [0.15, 0.2) is 5.16 Å². The monoisotopic (exact) mass is 255 g/mol. The van der Waals surface area contributed by atoms with Gasteiger partial charge in [-0.3, -0.25) is 19.1 Å². The van der Waals surface area contributed by atoms with Crippen LogP contribution in [0.5, 0.6) is 0 Å². The van der Waals surface area contributed by atoms with Gasteiger partial charge in [-0.05, 0) is 0 Å². The Bertz CT molecular complexity index is 442. The number of aromatic nitrogens is 3. The minimum atomic E-state index is -0.0897. The van der Waals surface area contributed by atoms with E-state index in [0.29, 0.717) is 36.2 Å². The fraction of sp³-hybridized carbons (Fsp3) is 0.556. The third-order valence-corrected chi connectivity index (χ3v) is 3.57. The van der Waals surface area contributed by atoms with Crippen molar-refractivity contribution in [3.05, 3.63) is 0 Å². The van der Waals surface area contributed by atoms with Crippen LogP contribution in [0.1, 0.15) is 12.8 Å². The zero-order valence-electron chi connectivity index (χ0n) is 9.42. The number of likely N-dealkylation sites (tertiary alicyclic amines) is 1. The van der Waals surface area contributed by atoms with Gasteiger partial charge in [-0.15, -0.1) is 10.2 Å². The van der Waals surface area contributed by atoms with Gasteiger partial charge in [-0.2, -0.15) is 0 Å². The summed E-state index contributed by atoms with van der Waals surface area (Å²) in [6.45, 7) is 0.412. The lowest BCUT2D eigenvalue weighted by molar-refractivity contribution is -0.137. The molecule has 2 amide bonds. The number of thioether (sulfide) groups is 1. The molecule has 1 aliphatic heterocycles. The molecule has 0 bridgehead atoms. The Morgan fingerprint density at radius 2 is 1.94 bits per heavy atom. The maximum absolute atomic E-state index is 11.3. The van der Waals surface area contributed by atoms with Crippen molar-refractivity contribution < 1.29 is 9.59 Å². The number of imide groups is 1. The van der Waals surface area contributed by atoms with Crippen molar-refractivity contribution in [2.75, 3.05) is 18.0 Å². The lowest BCUT2D eigenvalue weighted by Crippen LogP contribution is -2.31. The highest BCUT2D eigenvalue weighted by molar-refractivity contribution is 7.99. The first kappa shape index (κ1) is 11.9. The Kier molecular flexibility index (Phi) is 3.32. The molecule has 1 aromatic heterocycles. The van der Waals surface area contributed by atoms with Crippen LogP contribution in [-0.2, 0) is 16.6 Å². The molecule has 92 valence electrons. The van der Waals surface area contributed by atoms with Gasteiger partial charge in [0.25, 0.3) is 0 Å². The first-order valence-electron chi connectivity index (χ1n) is 5.20. The Balaban J connectivity index is 1.86. The van der Waals surface area contributed by atoms with Gasteiger partial charge in [-0.1, -0.05) is 11.8 Å². The van der Waals surface area contributed by atoms with Crippen LogP contribution in [0.25, 0.3) is 0 Å². The molecule has 1 aromatic rings. The summed E-state index contributed by atoms with van der Waals surface area (Å²) >= 11 is 1.42. The molecular formula is C9H13N5O2S. The molecule has 0 aromatic carbocycles. The number of hydrogen-bond acceptors (Lipinski definition) is 6. The number of carbonyl (C=O) groups is 2. The summed E-state index contributed by atoms with van der Waals surface area (Å²) in [5.74, 6) is 0.769. The Hall–Kier alpha value is -1.57. The Labute approximate surface area is 102 Å². The maximum atomic E-state index is 11.3. The van der Waals surface area contributed by atoms with Crippen LogP contribution < -0.4 is 5.73 Å². The standard InChI is InChI=1S/C9H13N5O2S/c1-13-8(10)11-12-9(13)17-5-4-14-6(15)2-3-7(14)16/h2-5H2,1H3,(H2,10,11). The van der Waals surface area contributed by atoms with Gasteiger partial charge >= 0.3 is 0 Å². The number of nitrogens with two attached hydrogens (primary N) is 1. The molecule has 0 saturated carbocycles. The van der Waals surface area contributed by atoms with Crippen molar-refractivity contribution in [1.82, 2.24) is 19.7 Å². The maximum Gasteiger partial charge on any atom is 0.229 e. The molecule has 0 atom stereocenters. The Morgan fingerprint density at radius 3 is 2.47 bits per heavy atom. The quantitative estimate of drug-likeness (QED) is 0.583. The van der Waals surface area contributed by atoms with Crippen LogP contribution in [0.3, 0.4) is 0 Å². The third-order valence-electron chi connectivity index (χ3n) is 2.57. The molecule has 17 heavy (non-hydrogen) atoms. The van der Waals surface area contributed by atoms with Crippen molar-refractivity contribution >= 4 is 29.5 Å². The molecule has 2 rings (SSSR count). The molecular weight excluding hydrogens is 242 g/mol. The highest BCUT2D eigenvalue weighted by Crippen LogP contribution is 2.18. The van der Waals surface area contributed by atoms with E-state index in [1.807, 2.05) is 0 Å². The first-order valence-corrected chi connectivity index (χ1v) is 6.19. The minimum Gasteiger partial charge on any atom is -0.368 e. The summed E-state index contributed by atoms with van der Waals surface area (Å²) in [4.78, 5) is 24.0. The summed E-state index contributed by atoms with van der Waals surface area (Å²) in [7, 11) is 1.77. The summed E-state index contributed by atoms with van der Waals surface area (Å²) in [5.41, 5.74) is 5.54. The lowest BCUT2D eigenvalue weighted by Gasteiger charge is -2.12. The van der Waals surface area contributed by atoms with Crippen molar-refractivity contribution in [3.63, 3.8) is 0 Å². The van der Waals surface area contributed by atoms with E-state index in [0.717, 1.165) is 0 Å². The molecule has 1 fully saturated rings. The number of amides is 2. The summed E-state index contributed by atoms with van der Waals surface area (Å²) < 4.78 is 1.66. The second kappa shape index (κ2) is 4.74. The van der Waals surface area contributed by atoms with Crippen molar-refractivity contribution in [2.45, 2.75) is 18.0 Å². The second-order valence-electron chi connectivity index (χ2n) is 3.69. The smallest absolute Gasteiger partial charge is 0.229 e. The molecule has 0 aliphatic carbocycles. The van der Waals surface area contributed by atoms with Crippen LogP contribution in [0.4, 0.5) is 5.95 Å². The van der Waals surface area contributed by atoms with Crippen LogP contribution in [0, 0.1) is 0 Å². The van der Waals surface area contributed by atoms with Crippen molar-refractivity contribution in [1.29, 1.82) is 0 Å². The van der Waals surface area contributed by atoms with E-state index in [1.54, 1.807) is 11.6 Å². The van der Waals surface area contributed by atoms with Gasteiger partial charge in [0.15, 0.2) is 5.16 Å². The predicted octanol–water partition coefficient (Wildman–Crippen LogP) is -0.362. The lowest BCUT2D eigenvalue weighted by atomic mass is 10.4. The average molecular weight is 255 g/mol. The highest BCUT2D eigenvalue weighted by Gasteiger charge is 2.28. The van der Waals surface area contributed by atoms with Gasteiger partial charge < -0.3 is 5.73 Å². The SMILES string of the molecule is Cn1c(N)nnc1SCCN1C(=O)CCC1=O. The average Bonchev–Trinajstić information content (AvgIpc) is 2.78. The normalized spacial score (nSPS) is 15.9. The molecule has 0 spiro atoms. The number of carbonyl (C=O) groups excluding carboxylic acids is 2. The van der Waals surface area contributed by atoms with E-state index >= 15 is 0 Å². The summed E-state index contributed by atoms with van der Waals surface area (Å²) in [5, 5.41) is 8.28. The van der Waals surface area contributed by atoms with Crippen LogP contribution in [0.2, 0.25) is 0 Å². The van der Waals surface area contributed by atoms with Gasteiger partial charge in [0.1, 0.15) is 0 Å². The van der Waals surface area contributed by atoms with E-state index < -0.39 is 0 Å². The number of anilines is 1. The van der Waals surface area contributed by atoms with Crippen LogP contribution in [-0.4, -0.2) is 43.8 Å². The molecule has 0 radical (unpaired) electrons. The Morgan fingerprint density at radius 1 is 1.29 bits per heavy atom.